The zero-order valence-electron chi connectivity index (χ0n) is 34.3. The van der Waals surface area contributed by atoms with Crippen LogP contribution in [-0.4, -0.2) is 0 Å². The highest BCUT2D eigenvalue weighted by Gasteiger charge is 2.23. The van der Waals surface area contributed by atoms with Crippen LogP contribution in [0.3, 0.4) is 0 Å². The Morgan fingerprint density at radius 3 is 1.40 bits per heavy atom. The molecular formula is C60H39NOS. The molecule has 0 N–H and O–H groups in total. The number of thiophene rings is 1. The standard InChI is InChI=1S/C60H39NOS/c1-5-15-40(16-6-1)45-28-33-54-56(37-45)62-60-51(43-21-11-4-12-22-43)35-36-55(59(54)60)61(47-29-25-44(26-30-47)50-24-14-13-23-49(50)42-19-9-3-10-20-42)48-31-34-53-52-32-27-46(41-17-7-2-8-18-41)38-57(52)63-58(53)39-48/h1-39H. The molecule has 0 amide bonds. The van der Waals surface area contributed by atoms with Gasteiger partial charge in [0.2, 0.25) is 0 Å². The molecule has 10 aromatic carbocycles. The fourth-order valence-electron chi connectivity index (χ4n) is 9.24. The number of nitrogens with zero attached hydrogens (tertiary/aromatic N) is 1. The lowest BCUT2D eigenvalue weighted by Crippen LogP contribution is -2.10. The zero-order valence-corrected chi connectivity index (χ0v) is 35.1. The average molecular weight is 822 g/mol. The number of hydrogen-bond acceptors (Lipinski definition) is 3. The van der Waals surface area contributed by atoms with E-state index in [2.05, 4.69) is 241 Å². The summed E-state index contributed by atoms with van der Waals surface area (Å²) in [5.41, 5.74) is 16.6. The first-order valence-electron chi connectivity index (χ1n) is 21.4. The van der Waals surface area contributed by atoms with Crippen LogP contribution in [0, 0.1) is 0 Å². The van der Waals surface area contributed by atoms with E-state index in [1.165, 1.54) is 53.6 Å². The van der Waals surface area contributed by atoms with Gasteiger partial charge in [0.25, 0.3) is 0 Å². The van der Waals surface area contributed by atoms with E-state index in [9.17, 15) is 0 Å². The monoisotopic (exact) mass is 821 g/mol. The predicted octanol–water partition coefficient (Wildman–Crippen LogP) is 17.8. The predicted molar refractivity (Wildman–Crippen MR) is 268 cm³/mol. The lowest BCUT2D eigenvalue weighted by atomic mass is 9.94. The molecular weight excluding hydrogens is 783 g/mol. The molecule has 2 heterocycles. The van der Waals surface area contributed by atoms with Gasteiger partial charge in [-0.05, 0) is 105 Å². The van der Waals surface area contributed by atoms with Crippen LogP contribution in [0.2, 0.25) is 0 Å². The normalized spacial score (nSPS) is 11.5. The summed E-state index contributed by atoms with van der Waals surface area (Å²) in [6, 6.07) is 85.2. The summed E-state index contributed by atoms with van der Waals surface area (Å²) < 4.78 is 9.55. The molecule has 12 rings (SSSR count). The number of furan rings is 1. The van der Waals surface area contributed by atoms with Crippen LogP contribution in [-0.2, 0) is 0 Å². The van der Waals surface area contributed by atoms with E-state index in [0.717, 1.165) is 61.3 Å². The Kier molecular flexibility index (Phi) is 9.06. The molecule has 0 fully saturated rings. The smallest absolute Gasteiger partial charge is 0.145 e. The average Bonchev–Trinajstić information content (AvgIpc) is 3.93. The van der Waals surface area contributed by atoms with Gasteiger partial charge in [-0.3, -0.25) is 0 Å². The van der Waals surface area contributed by atoms with Crippen molar-refractivity contribution >= 4 is 70.5 Å². The van der Waals surface area contributed by atoms with Crippen LogP contribution in [0.1, 0.15) is 0 Å². The molecule has 0 spiro atoms. The minimum atomic E-state index is 0.859. The van der Waals surface area contributed by atoms with E-state index in [4.69, 9.17) is 4.42 Å². The van der Waals surface area contributed by atoms with Gasteiger partial charge in [-0.2, -0.15) is 0 Å². The molecule has 0 radical (unpaired) electrons. The van der Waals surface area contributed by atoms with E-state index in [1.807, 2.05) is 11.3 Å². The molecule has 3 heteroatoms. The number of benzene rings is 10. The van der Waals surface area contributed by atoms with Crippen molar-refractivity contribution in [1.82, 2.24) is 0 Å². The molecule has 63 heavy (non-hydrogen) atoms. The van der Waals surface area contributed by atoms with E-state index < -0.39 is 0 Å². The molecule has 0 aliphatic rings. The topological polar surface area (TPSA) is 16.4 Å². The summed E-state index contributed by atoms with van der Waals surface area (Å²) in [7, 11) is 0. The Morgan fingerprint density at radius 2 is 0.778 bits per heavy atom. The minimum Gasteiger partial charge on any atom is -0.455 e. The van der Waals surface area contributed by atoms with Crippen LogP contribution in [0.15, 0.2) is 241 Å². The van der Waals surface area contributed by atoms with Crippen LogP contribution in [0.4, 0.5) is 17.1 Å². The molecule has 0 aliphatic carbocycles. The van der Waals surface area contributed by atoms with Crippen LogP contribution in [0.5, 0.6) is 0 Å². The van der Waals surface area contributed by atoms with Gasteiger partial charge in [0.05, 0.1) is 11.1 Å². The number of rotatable bonds is 8. The summed E-state index contributed by atoms with van der Waals surface area (Å²) in [6.45, 7) is 0. The number of hydrogen-bond donors (Lipinski definition) is 0. The molecule has 0 saturated carbocycles. The Balaban J connectivity index is 1.07. The van der Waals surface area contributed by atoms with Crippen molar-refractivity contribution in [2.24, 2.45) is 0 Å². The molecule has 2 aromatic heterocycles. The Morgan fingerprint density at radius 1 is 0.317 bits per heavy atom. The van der Waals surface area contributed by atoms with E-state index in [-0.39, 0.29) is 0 Å². The highest BCUT2D eigenvalue weighted by atomic mass is 32.1. The highest BCUT2D eigenvalue weighted by molar-refractivity contribution is 7.25. The number of anilines is 3. The molecule has 0 unspecified atom stereocenters. The molecule has 12 aromatic rings. The minimum absolute atomic E-state index is 0.859. The van der Waals surface area contributed by atoms with Crippen molar-refractivity contribution < 1.29 is 4.42 Å². The van der Waals surface area contributed by atoms with Gasteiger partial charge in [-0.1, -0.05) is 182 Å². The lowest BCUT2D eigenvalue weighted by molar-refractivity contribution is 0.670. The molecule has 2 nitrogen and oxygen atoms in total. The maximum atomic E-state index is 7.03. The van der Waals surface area contributed by atoms with Gasteiger partial charge < -0.3 is 9.32 Å². The molecule has 0 saturated heterocycles. The van der Waals surface area contributed by atoms with Crippen LogP contribution < -0.4 is 4.90 Å². The molecule has 0 atom stereocenters. The van der Waals surface area contributed by atoms with Gasteiger partial charge in [0, 0.05) is 42.5 Å². The van der Waals surface area contributed by atoms with Gasteiger partial charge in [0.1, 0.15) is 11.2 Å². The summed E-state index contributed by atoms with van der Waals surface area (Å²) in [5, 5.41) is 4.69. The SMILES string of the molecule is c1ccc(-c2ccc3c(c2)oc2c(-c4ccccc4)ccc(N(c4ccc(-c5ccccc5-c5ccccc5)cc4)c4ccc5c(c4)sc4cc(-c6ccccc6)ccc45)c23)cc1. The van der Waals surface area contributed by atoms with Crippen LogP contribution in [0.25, 0.3) is 97.7 Å². The lowest BCUT2D eigenvalue weighted by Gasteiger charge is -2.27. The number of fused-ring (bicyclic) bond motifs is 6. The summed E-state index contributed by atoms with van der Waals surface area (Å²) in [6.07, 6.45) is 0. The summed E-state index contributed by atoms with van der Waals surface area (Å²) >= 11 is 1.85. The van der Waals surface area contributed by atoms with Crippen molar-refractivity contribution in [1.29, 1.82) is 0 Å². The van der Waals surface area contributed by atoms with Crippen molar-refractivity contribution in [2.75, 3.05) is 4.90 Å². The highest BCUT2D eigenvalue weighted by Crippen LogP contribution is 2.48. The second-order valence-corrected chi connectivity index (χ2v) is 17.1. The second kappa shape index (κ2) is 15.5. The fourth-order valence-corrected chi connectivity index (χ4v) is 10.4. The second-order valence-electron chi connectivity index (χ2n) is 16.0. The van der Waals surface area contributed by atoms with E-state index in [1.54, 1.807) is 0 Å². The first kappa shape index (κ1) is 36.8. The third-order valence-corrected chi connectivity index (χ3v) is 13.4. The van der Waals surface area contributed by atoms with E-state index >= 15 is 0 Å². The maximum absolute atomic E-state index is 7.03. The Labute approximate surface area is 370 Å². The van der Waals surface area contributed by atoms with Crippen LogP contribution >= 0.6 is 11.3 Å². The largest absolute Gasteiger partial charge is 0.455 e. The zero-order chi connectivity index (χ0) is 41.7. The van der Waals surface area contributed by atoms with Crippen molar-refractivity contribution in [3.8, 4) is 55.6 Å². The maximum Gasteiger partial charge on any atom is 0.145 e. The Hall–Kier alpha value is -7.98. The van der Waals surface area contributed by atoms with Gasteiger partial charge in [-0.15, -0.1) is 11.3 Å². The van der Waals surface area contributed by atoms with Gasteiger partial charge in [0.15, 0.2) is 0 Å². The van der Waals surface area contributed by atoms with Crippen molar-refractivity contribution in [3.05, 3.63) is 237 Å². The van der Waals surface area contributed by atoms with Crippen molar-refractivity contribution in [2.45, 2.75) is 0 Å². The Bertz CT molecular complexity index is 3590. The van der Waals surface area contributed by atoms with Crippen molar-refractivity contribution in [3.63, 3.8) is 0 Å². The first-order chi connectivity index (χ1) is 31.2. The quantitative estimate of drug-likeness (QED) is 0.152. The molecule has 296 valence electrons. The third kappa shape index (κ3) is 6.58. The third-order valence-electron chi connectivity index (χ3n) is 12.3. The molecule has 0 bridgehead atoms. The molecule has 0 aliphatic heterocycles. The summed E-state index contributed by atoms with van der Waals surface area (Å²) in [4.78, 5) is 2.42. The van der Waals surface area contributed by atoms with E-state index in [0.29, 0.717) is 0 Å². The first-order valence-corrected chi connectivity index (χ1v) is 22.2. The van der Waals surface area contributed by atoms with Gasteiger partial charge in [-0.25, -0.2) is 0 Å². The summed E-state index contributed by atoms with van der Waals surface area (Å²) in [5.74, 6) is 0. The fraction of sp³-hybridized carbons (Fsp3) is 0. The van der Waals surface area contributed by atoms with Gasteiger partial charge >= 0.3 is 0 Å².